The third-order valence-corrected chi connectivity index (χ3v) is 4.97. The minimum absolute atomic E-state index is 0.0919. The molecule has 1 aromatic heterocycles. The Balaban J connectivity index is 1.40. The van der Waals surface area contributed by atoms with E-state index in [1.807, 2.05) is 42.4 Å². The number of piperidine rings is 1. The van der Waals surface area contributed by atoms with E-state index >= 15 is 0 Å². The first kappa shape index (κ1) is 15.1. The van der Waals surface area contributed by atoms with Crippen molar-refractivity contribution in [2.75, 3.05) is 31.6 Å². The molecule has 2 aromatic rings. The summed E-state index contributed by atoms with van der Waals surface area (Å²) in [6, 6.07) is 7.87. The number of fused-ring (bicyclic) bond motifs is 1. The number of aromatic amines is 1. The number of likely N-dealkylation sites (N-methyl/N-ethyl adjacent to an activating group) is 1. The number of rotatable bonds is 2. The molecule has 1 unspecified atom stereocenters. The average Bonchev–Trinajstić information content (AvgIpc) is 3.16. The molecule has 4 rings (SSSR count). The van der Waals surface area contributed by atoms with Crippen LogP contribution in [0.2, 0.25) is 0 Å². The van der Waals surface area contributed by atoms with Gasteiger partial charge in [-0.1, -0.05) is 12.1 Å². The van der Waals surface area contributed by atoms with E-state index < -0.39 is 6.10 Å². The number of para-hydroxylation sites is 2. The van der Waals surface area contributed by atoms with Crippen LogP contribution in [-0.4, -0.2) is 53.6 Å². The lowest BCUT2D eigenvalue weighted by Crippen LogP contribution is -2.51. The highest BCUT2D eigenvalue weighted by molar-refractivity contribution is 5.83. The van der Waals surface area contributed by atoms with Crippen molar-refractivity contribution in [2.45, 2.75) is 24.9 Å². The molecule has 0 aliphatic carbocycles. The number of imidazole rings is 1. The smallest absolute Gasteiger partial charge is 0.265 e. The van der Waals surface area contributed by atoms with E-state index in [4.69, 9.17) is 4.74 Å². The molecule has 0 bridgehead atoms. The molecule has 0 saturated carbocycles. The Morgan fingerprint density at radius 1 is 1.29 bits per heavy atom. The van der Waals surface area contributed by atoms with E-state index in [0.717, 1.165) is 43.2 Å². The quantitative estimate of drug-likeness (QED) is 0.917. The van der Waals surface area contributed by atoms with Gasteiger partial charge < -0.3 is 19.5 Å². The highest BCUT2D eigenvalue weighted by Gasteiger charge is 2.34. The molecule has 1 atom stereocenters. The Morgan fingerprint density at radius 2 is 2.08 bits per heavy atom. The number of aromatic nitrogens is 2. The summed E-state index contributed by atoms with van der Waals surface area (Å²) in [4.78, 5) is 24.4. The average molecular weight is 326 g/mol. The van der Waals surface area contributed by atoms with Crippen LogP contribution >= 0.6 is 0 Å². The van der Waals surface area contributed by atoms with E-state index in [2.05, 4.69) is 14.9 Å². The van der Waals surface area contributed by atoms with Gasteiger partial charge in [-0.2, -0.15) is 0 Å². The Morgan fingerprint density at radius 3 is 2.83 bits per heavy atom. The fraction of sp³-hybridized carbons (Fsp3) is 0.444. The van der Waals surface area contributed by atoms with Crippen molar-refractivity contribution in [1.82, 2.24) is 14.9 Å². The number of nitrogens with zero attached hydrogens (tertiary/aromatic N) is 3. The van der Waals surface area contributed by atoms with Crippen LogP contribution in [0, 0.1) is 0 Å². The van der Waals surface area contributed by atoms with E-state index in [1.165, 1.54) is 0 Å². The van der Waals surface area contributed by atoms with Crippen LogP contribution in [0.3, 0.4) is 0 Å². The lowest BCUT2D eigenvalue weighted by Gasteiger charge is -2.37. The van der Waals surface area contributed by atoms with Gasteiger partial charge >= 0.3 is 0 Å². The van der Waals surface area contributed by atoms with Gasteiger partial charge in [0, 0.05) is 38.4 Å². The lowest BCUT2D eigenvalue weighted by molar-refractivity contribution is -0.139. The molecule has 126 valence electrons. The zero-order chi connectivity index (χ0) is 16.5. The zero-order valence-electron chi connectivity index (χ0n) is 13.8. The van der Waals surface area contributed by atoms with Gasteiger partial charge in [-0.15, -0.1) is 0 Å². The van der Waals surface area contributed by atoms with Gasteiger partial charge in [0.15, 0.2) is 6.10 Å². The van der Waals surface area contributed by atoms with E-state index in [0.29, 0.717) is 12.5 Å². The van der Waals surface area contributed by atoms with Crippen LogP contribution in [-0.2, 0) is 4.79 Å². The van der Waals surface area contributed by atoms with Crippen molar-refractivity contribution in [2.24, 2.45) is 0 Å². The molecule has 1 fully saturated rings. The molecule has 2 aliphatic rings. The Hall–Kier alpha value is -2.50. The number of H-pyrrole nitrogens is 1. The van der Waals surface area contributed by atoms with Crippen molar-refractivity contribution in [1.29, 1.82) is 0 Å². The summed E-state index contributed by atoms with van der Waals surface area (Å²) in [5, 5.41) is 0. The van der Waals surface area contributed by atoms with Crippen molar-refractivity contribution in [3.8, 4) is 5.75 Å². The Kier molecular flexibility index (Phi) is 3.88. The predicted molar refractivity (Wildman–Crippen MR) is 91.3 cm³/mol. The van der Waals surface area contributed by atoms with Crippen molar-refractivity contribution < 1.29 is 9.53 Å². The third-order valence-electron chi connectivity index (χ3n) is 4.97. The van der Waals surface area contributed by atoms with E-state index in [-0.39, 0.29) is 5.91 Å². The standard InChI is InChI=1S/C18H22N4O2/c1-21-12-16(24-15-5-3-2-4-14(15)21)18(23)22-10-6-13(7-11-22)17-19-8-9-20-17/h2-5,8-9,13,16H,6-7,10-12H2,1H3,(H,19,20). The first-order valence-corrected chi connectivity index (χ1v) is 8.47. The maximum absolute atomic E-state index is 12.9. The largest absolute Gasteiger partial charge is 0.477 e. The maximum Gasteiger partial charge on any atom is 0.265 e. The minimum atomic E-state index is -0.426. The topological polar surface area (TPSA) is 61.5 Å². The van der Waals surface area contributed by atoms with Crippen LogP contribution in [0.4, 0.5) is 5.69 Å². The number of amides is 1. The molecular weight excluding hydrogens is 304 g/mol. The van der Waals surface area contributed by atoms with Crippen LogP contribution < -0.4 is 9.64 Å². The van der Waals surface area contributed by atoms with Gasteiger partial charge in [0.1, 0.15) is 11.6 Å². The van der Waals surface area contributed by atoms with Gasteiger partial charge in [0.05, 0.1) is 12.2 Å². The fourth-order valence-corrected chi connectivity index (χ4v) is 3.62. The molecular formula is C18H22N4O2. The van der Waals surface area contributed by atoms with E-state index in [1.54, 1.807) is 6.20 Å². The van der Waals surface area contributed by atoms with Crippen molar-refractivity contribution in [3.05, 3.63) is 42.5 Å². The first-order chi connectivity index (χ1) is 11.7. The van der Waals surface area contributed by atoms with Crippen LogP contribution in [0.15, 0.2) is 36.7 Å². The number of ether oxygens (including phenoxy) is 1. The molecule has 1 amide bonds. The SMILES string of the molecule is CN1CC(C(=O)N2CCC(c3ncc[nH]3)CC2)Oc2ccccc21. The summed E-state index contributed by atoms with van der Waals surface area (Å²) in [6.45, 7) is 2.11. The summed E-state index contributed by atoms with van der Waals surface area (Å²) in [5.41, 5.74) is 1.04. The second-order valence-electron chi connectivity index (χ2n) is 6.53. The first-order valence-electron chi connectivity index (χ1n) is 8.47. The van der Waals surface area contributed by atoms with Crippen LogP contribution in [0.1, 0.15) is 24.6 Å². The number of hydrogen-bond acceptors (Lipinski definition) is 4. The summed E-state index contributed by atoms with van der Waals surface area (Å²) in [5.74, 6) is 2.33. The van der Waals surface area contributed by atoms with Crippen molar-refractivity contribution >= 4 is 11.6 Å². The molecule has 24 heavy (non-hydrogen) atoms. The van der Waals surface area contributed by atoms with E-state index in [9.17, 15) is 4.79 Å². The highest BCUT2D eigenvalue weighted by Crippen LogP contribution is 2.33. The summed E-state index contributed by atoms with van der Waals surface area (Å²) in [7, 11) is 2.00. The minimum Gasteiger partial charge on any atom is -0.477 e. The molecule has 2 aliphatic heterocycles. The van der Waals surface area contributed by atoms with Crippen LogP contribution in [0.25, 0.3) is 0 Å². The second-order valence-corrected chi connectivity index (χ2v) is 6.53. The normalized spacial score (nSPS) is 21.3. The second kappa shape index (κ2) is 6.19. The number of hydrogen-bond donors (Lipinski definition) is 1. The lowest BCUT2D eigenvalue weighted by atomic mass is 9.95. The molecule has 1 N–H and O–H groups in total. The van der Waals surface area contributed by atoms with Gasteiger partial charge in [-0.25, -0.2) is 4.98 Å². The summed E-state index contributed by atoms with van der Waals surface area (Å²) < 4.78 is 5.97. The van der Waals surface area contributed by atoms with Gasteiger partial charge in [-0.05, 0) is 25.0 Å². The number of nitrogens with one attached hydrogen (secondary N) is 1. The third kappa shape index (κ3) is 2.72. The van der Waals surface area contributed by atoms with Gasteiger partial charge in [0.25, 0.3) is 5.91 Å². The van der Waals surface area contributed by atoms with Crippen LogP contribution in [0.5, 0.6) is 5.75 Å². The predicted octanol–water partition coefficient (Wildman–Crippen LogP) is 2.01. The number of anilines is 1. The molecule has 3 heterocycles. The number of benzene rings is 1. The summed E-state index contributed by atoms with van der Waals surface area (Å²) >= 11 is 0. The van der Waals surface area contributed by atoms with Crippen molar-refractivity contribution in [3.63, 3.8) is 0 Å². The monoisotopic (exact) mass is 326 g/mol. The maximum atomic E-state index is 12.9. The number of likely N-dealkylation sites (tertiary alicyclic amines) is 1. The molecule has 6 heteroatoms. The highest BCUT2D eigenvalue weighted by atomic mass is 16.5. The zero-order valence-corrected chi connectivity index (χ0v) is 13.8. The fourth-order valence-electron chi connectivity index (χ4n) is 3.62. The molecule has 0 spiro atoms. The van der Waals surface area contributed by atoms with Gasteiger partial charge in [-0.3, -0.25) is 4.79 Å². The molecule has 0 radical (unpaired) electrons. The summed E-state index contributed by atoms with van der Waals surface area (Å²) in [6.07, 6.45) is 5.10. The number of carbonyl (C=O) groups excluding carboxylic acids is 1. The molecule has 1 saturated heterocycles. The number of carbonyl (C=O) groups is 1. The Bertz CT molecular complexity index is 708. The van der Waals surface area contributed by atoms with Gasteiger partial charge in [0.2, 0.25) is 0 Å². The molecule has 6 nitrogen and oxygen atoms in total. The Labute approximate surface area is 141 Å². The molecule has 1 aromatic carbocycles.